The summed E-state index contributed by atoms with van der Waals surface area (Å²) in [5.41, 5.74) is 4.43. The van der Waals surface area contributed by atoms with Crippen LogP contribution >= 0.6 is 0 Å². The number of aryl methyl sites for hydroxylation is 1. The van der Waals surface area contributed by atoms with E-state index in [9.17, 15) is 0 Å². The van der Waals surface area contributed by atoms with E-state index >= 15 is 0 Å². The zero-order valence-corrected chi connectivity index (χ0v) is 9.90. The van der Waals surface area contributed by atoms with E-state index in [1.165, 1.54) is 5.56 Å². The normalized spacial score (nSPS) is 9.24. The van der Waals surface area contributed by atoms with Crippen molar-refractivity contribution in [2.24, 2.45) is 0 Å². The number of hydrogen-bond acceptors (Lipinski definition) is 0. The molecule has 0 saturated carbocycles. The molecule has 0 aliphatic rings. The van der Waals surface area contributed by atoms with E-state index in [1.54, 1.807) is 0 Å². The Hall–Kier alpha value is -2.26. The highest BCUT2D eigenvalue weighted by molar-refractivity contribution is 5.50. The maximum Gasteiger partial charge on any atom is 0.0251 e. The average molecular weight is 218 g/mol. The molecule has 2 aromatic carbocycles. The van der Waals surface area contributed by atoms with Crippen molar-refractivity contribution < 1.29 is 0 Å². The van der Waals surface area contributed by atoms with Crippen LogP contribution in [-0.4, -0.2) is 0 Å². The summed E-state index contributed by atoms with van der Waals surface area (Å²) < 4.78 is 0. The molecule has 0 aliphatic carbocycles. The highest BCUT2D eigenvalue weighted by atomic mass is 13.9. The van der Waals surface area contributed by atoms with Crippen LogP contribution in [0.1, 0.15) is 22.3 Å². The molecule has 0 aliphatic heterocycles. The van der Waals surface area contributed by atoms with E-state index in [0.717, 1.165) is 16.7 Å². The minimum atomic E-state index is 1.03. The first-order chi connectivity index (χ1) is 8.28. The lowest BCUT2D eigenvalue weighted by Gasteiger charge is -1.94. The zero-order chi connectivity index (χ0) is 12.1. The number of hydrogen-bond donors (Lipinski definition) is 0. The Morgan fingerprint density at radius 3 is 2.29 bits per heavy atom. The smallest absolute Gasteiger partial charge is 0.0251 e. The van der Waals surface area contributed by atoms with Crippen molar-refractivity contribution >= 4 is 6.08 Å². The lowest BCUT2D eigenvalue weighted by atomic mass is 10.1. The molecule has 0 nitrogen and oxygen atoms in total. The summed E-state index contributed by atoms with van der Waals surface area (Å²) in [6, 6.07) is 16.3. The average Bonchev–Trinajstić information content (AvgIpc) is 2.37. The molecule has 0 fully saturated rings. The maximum atomic E-state index is 3.73. The van der Waals surface area contributed by atoms with Gasteiger partial charge in [-0.1, -0.05) is 48.8 Å². The second kappa shape index (κ2) is 5.18. The molecule has 0 amide bonds. The van der Waals surface area contributed by atoms with E-state index in [4.69, 9.17) is 0 Å². The molecule has 0 heteroatoms. The largest absolute Gasteiger partial charge is 0.0985 e. The molecule has 17 heavy (non-hydrogen) atoms. The van der Waals surface area contributed by atoms with Crippen LogP contribution in [0.4, 0.5) is 0 Å². The maximum absolute atomic E-state index is 3.73. The van der Waals surface area contributed by atoms with E-state index < -0.39 is 0 Å². The van der Waals surface area contributed by atoms with Crippen molar-refractivity contribution in [2.75, 3.05) is 0 Å². The van der Waals surface area contributed by atoms with Crippen LogP contribution in [0.5, 0.6) is 0 Å². The minimum absolute atomic E-state index is 1.03. The van der Waals surface area contributed by atoms with Crippen molar-refractivity contribution in [1.29, 1.82) is 0 Å². The van der Waals surface area contributed by atoms with Crippen LogP contribution in [0, 0.1) is 18.8 Å². The molecule has 0 atom stereocenters. The van der Waals surface area contributed by atoms with Gasteiger partial charge in [0.1, 0.15) is 0 Å². The molecule has 0 spiro atoms. The van der Waals surface area contributed by atoms with E-state index in [1.807, 2.05) is 42.5 Å². The Morgan fingerprint density at radius 2 is 1.65 bits per heavy atom. The van der Waals surface area contributed by atoms with Crippen molar-refractivity contribution in [1.82, 2.24) is 0 Å². The molecule has 2 aromatic rings. The molecule has 0 bridgehead atoms. The van der Waals surface area contributed by atoms with Crippen LogP contribution in [0.25, 0.3) is 6.08 Å². The Balaban J connectivity index is 2.23. The van der Waals surface area contributed by atoms with Gasteiger partial charge >= 0.3 is 0 Å². The van der Waals surface area contributed by atoms with Gasteiger partial charge in [-0.25, -0.2) is 0 Å². The van der Waals surface area contributed by atoms with E-state index in [0.29, 0.717) is 0 Å². The first-order valence-corrected chi connectivity index (χ1v) is 5.59. The number of benzene rings is 2. The molecule has 82 valence electrons. The first kappa shape index (κ1) is 11.2. The Bertz CT molecular complexity index is 577. The third-order valence-corrected chi connectivity index (χ3v) is 2.52. The monoisotopic (exact) mass is 218 g/mol. The second-order valence-electron chi connectivity index (χ2n) is 3.95. The molecule has 0 heterocycles. The van der Waals surface area contributed by atoms with Crippen molar-refractivity contribution in [3.8, 4) is 11.8 Å². The molecular weight excluding hydrogens is 204 g/mol. The van der Waals surface area contributed by atoms with Gasteiger partial charge in [0, 0.05) is 11.1 Å². The quantitative estimate of drug-likeness (QED) is 0.634. The molecule has 0 aromatic heterocycles. The van der Waals surface area contributed by atoms with Crippen LogP contribution < -0.4 is 0 Å². The van der Waals surface area contributed by atoms with Crippen LogP contribution in [0.3, 0.4) is 0 Å². The SMILES string of the molecule is C=Cc1ccc(C#Cc2cccc(C)c2)cc1. The second-order valence-corrected chi connectivity index (χ2v) is 3.95. The molecule has 0 radical (unpaired) electrons. The molecule has 2 rings (SSSR count). The molecular formula is C17H14. The van der Waals surface area contributed by atoms with Gasteiger partial charge in [0.15, 0.2) is 0 Å². The van der Waals surface area contributed by atoms with Crippen LogP contribution in [-0.2, 0) is 0 Å². The summed E-state index contributed by atoms with van der Waals surface area (Å²) in [4.78, 5) is 0. The van der Waals surface area contributed by atoms with Gasteiger partial charge in [0.2, 0.25) is 0 Å². The third-order valence-electron chi connectivity index (χ3n) is 2.52. The predicted molar refractivity (Wildman–Crippen MR) is 73.7 cm³/mol. The summed E-state index contributed by atoms with van der Waals surface area (Å²) in [6.07, 6.45) is 1.83. The highest BCUT2D eigenvalue weighted by Gasteiger charge is 1.89. The predicted octanol–water partition coefficient (Wildman–Crippen LogP) is 4.04. The summed E-state index contributed by atoms with van der Waals surface area (Å²) in [5.74, 6) is 6.32. The van der Waals surface area contributed by atoms with Crippen molar-refractivity contribution in [3.05, 3.63) is 77.4 Å². The van der Waals surface area contributed by atoms with Crippen LogP contribution in [0.15, 0.2) is 55.1 Å². The molecule has 0 saturated heterocycles. The minimum Gasteiger partial charge on any atom is -0.0985 e. The Morgan fingerprint density at radius 1 is 0.941 bits per heavy atom. The molecule has 0 N–H and O–H groups in total. The Labute approximate surface area is 103 Å². The van der Waals surface area contributed by atoms with Gasteiger partial charge in [-0.05, 0) is 42.3 Å². The van der Waals surface area contributed by atoms with Gasteiger partial charge in [0.05, 0.1) is 0 Å². The Kier molecular flexibility index (Phi) is 3.43. The van der Waals surface area contributed by atoms with Crippen molar-refractivity contribution in [2.45, 2.75) is 6.92 Å². The van der Waals surface area contributed by atoms with Gasteiger partial charge in [-0.15, -0.1) is 0 Å². The van der Waals surface area contributed by atoms with Gasteiger partial charge in [-0.2, -0.15) is 0 Å². The summed E-state index contributed by atoms with van der Waals surface area (Å²) in [5, 5.41) is 0. The number of rotatable bonds is 1. The topological polar surface area (TPSA) is 0 Å². The highest BCUT2D eigenvalue weighted by Crippen LogP contribution is 2.05. The summed E-state index contributed by atoms with van der Waals surface area (Å²) in [6.45, 7) is 5.80. The zero-order valence-electron chi connectivity index (χ0n) is 9.90. The van der Waals surface area contributed by atoms with Crippen molar-refractivity contribution in [3.63, 3.8) is 0 Å². The fourth-order valence-electron chi connectivity index (χ4n) is 1.57. The molecule has 0 unspecified atom stereocenters. The summed E-state index contributed by atoms with van der Waals surface area (Å²) in [7, 11) is 0. The van der Waals surface area contributed by atoms with Crippen LogP contribution in [0.2, 0.25) is 0 Å². The van der Waals surface area contributed by atoms with Gasteiger partial charge in [-0.3, -0.25) is 0 Å². The van der Waals surface area contributed by atoms with E-state index in [2.05, 4.69) is 37.5 Å². The fourth-order valence-corrected chi connectivity index (χ4v) is 1.57. The third kappa shape index (κ3) is 3.09. The fraction of sp³-hybridized carbons (Fsp3) is 0.0588. The van der Waals surface area contributed by atoms with Gasteiger partial charge < -0.3 is 0 Å². The first-order valence-electron chi connectivity index (χ1n) is 5.59. The van der Waals surface area contributed by atoms with E-state index in [-0.39, 0.29) is 0 Å². The van der Waals surface area contributed by atoms with Gasteiger partial charge in [0.25, 0.3) is 0 Å². The lowest BCUT2D eigenvalue weighted by Crippen LogP contribution is -1.78. The lowest BCUT2D eigenvalue weighted by molar-refractivity contribution is 1.45. The standard InChI is InChI=1S/C17H14/c1-3-15-7-9-16(10-8-15)11-12-17-6-4-5-14(2)13-17/h3-10,13H,1H2,2H3. The summed E-state index contributed by atoms with van der Waals surface area (Å²) >= 11 is 0.